The zero-order chi connectivity index (χ0) is 13.5. The summed E-state index contributed by atoms with van der Waals surface area (Å²) in [5.41, 5.74) is 5.37. The molecule has 2 aromatic rings. The van der Waals surface area contributed by atoms with Crippen molar-refractivity contribution in [3.63, 3.8) is 0 Å². The number of aromatic nitrogens is 1. The Hall–Kier alpha value is -1.67. The van der Waals surface area contributed by atoms with E-state index in [2.05, 4.69) is 48.4 Å². The van der Waals surface area contributed by atoms with Crippen LogP contribution in [0.2, 0.25) is 0 Å². The minimum atomic E-state index is 0.960. The fourth-order valence-corrected chi connectivity index (χ4v) is 2.20. The molecule has 2 rings (SSSR count). The Kier molecular flexibility index (Phi) is 5.10. The monoisotopic (exact) mass is 254 g/mol. The van der Waals surface area contributed by atoms with Gasteiger partial charge in [0, 0.05) is 18.9 Å². The van der Waals surface area contributed by atoms with Crippen LogP contribution in [0.3, 0.4) is 0 Å². The molecule has 2 nitrogen and oxygen atoms in total. The molecule has 1 aromatic carbocycles. The third-order valence-electron chi connectivity index (χ3n) is 3.28. The molecule has 0 saturated heterocycles. The number of hydrogen-bond acceptors (Lipinski definition) is 2. The molecule has 19 heavy (non-hydrogen) atoms. The van der Waals surface area contributed by atoms with E-state index in [0.717, 1.165) is 19.5 Å². The van der Waals surface area contributed by atoms with E-state index in [4.69, 9.17) is 0 Å². The molecule has 0 unspecified atom stereocenters. The van der Waals surface area contributed by atoms with Gasteiger partial charge in [0.2, 0.25) is 0 Å². The van der Waals surface area contributed by atoms with Crippen molar-refractivity contribution in [3.8, 4) is 0 Å². The number of hydrogen-bond donors (Lipinski definition) is 1. The minimum Gasteiger partial charge on any atom is -0.313 e. The summed E-state index contributed by atoms with van der Waals surface area (Å²) in [4.78, 5) is 4.17. The van der Waals surface area contributed by atoms with Crippen LogP contribution in [0.4, 0.5) is 0 Å². The zero-order valence-electron chi connectivity index (χ0n) is 11.8. The summed E-state index contributed by atoms with van der Waals surface area (Å²) < 4.78 is 0. The molecule has 2 heteroatoms. The van der Waals surface area contributed by atoms with Gasteiger partial charge >= 0.3 is 0 Å². The van der Waals surface area contributed by atoms with Crippen molar-refractivity contribution < 1.29 is 0 Å². The zero-order valence-corrected chi connectivity index (χ0v) is 11.8. The van der Waals surface area contributed by atoms with E-state index in [1.165, 1.54) is 28.7 Å². The Balaban J connectivity index is 2.03. The molecule has 1 N–H and O–H groups in total. The molecule has 0 atom stereocenters. The number of nitrogens with zero attached hydrogens (tertiary/aromatic N) is 1. The van der Waals surface area contributed by atoms with E-state index >= 15 is 0 Å². The Morgan fingerprint density at radius 1 is 1.16 bits per heavy atom. The minimum absolute atomic E-state index is 0.960. The molecular formula is C17H22N2. The van der Waals surface area contributed by atoms with Gasteiger partial charge in [-0.15, -0.1) is 0 Å². The van der Waals surface area contributed by atoms with Gasteiger partial charge in [-0.25, -0.2) is 0 Å². The van der Waals surface area contributed by atoms with Gasteiger partial charge in [-0.05, 0) is 54.6 Å². The van der Waals surface area contributed by atoms with Crippen LogP contribution in [-0.4, -0.2) is 11.5 Å². The summed E-state index contributed by atoms with van der Waals surface area (Å²) >= 11 is 0. The molecule has 0 aliphatic carbocycles. The predicted octanol–water partition coefficient (Wildman–Crippen LogP) is 3.48. The van der Waals surface area contributed by atoms with Gasteiger partial charge in [-0.3, -0.25) is 4.98 Å². The van der Waals surface area contributed by atoms with Gasteiger partial charge in [-0.1, -0.05) is 31.2 Å². The summed E-state index contributed by atoms with van der Waals surface area (Å²) in [6.07, 6.45) is 5.90. The SMILES string of the molecule is CCCNCc1ccc(Cc2cccnc2)c(C)c1. The summed E-state index contributed by atoms with van der Waals surface area (Å²) in [7, 11) is 0. The van der Waals surface area contributed by atoms with Crippen molar-refractivity contribution in [1.82, 2.24) is 10.3 Å². The van der Waals surface area contributed by atoms with E-state index in [-0.39, 0.29) is 0 Å². The van der Waals surface area contributed by atoms with Crippen molar-refractivity contribution in [2.24, 2.45) is 0 Å². The van der Waals surface area contributed by atoms with E-state index in [1.54, 1.807) is 0 Å². The molecule has 1 aromatic heterocycles. The average Bonchev–Trinajstić information content (AvgIpc) is 2.43. The molecule has 0 fully saturated rings. The average molecular weight is 254 g/mol. The Labute approximate surface area is 115 Å². The number of rotatable bonds is 6. The van der Waals surface area contributed by atoms with Crippen LogP contribution >= 0.6 is 0 Å². The van der Waals surface area contributed by atoms with Gasteiger partial charge < -0.3 is 5.32 Å². The second-order valence-electron chi connectivity index (χ2n) is 4.98. The predicted molar refractivity (Wildman–Crippen MR) is 80.2 cm³/mol. The van der Waals surface area contributed by atoms with Gasteiger partial charge in [0.1, 0.15) is 0 Å². The Morgan fingerprint density at radius 2 is 2.05 bits per heavy atom. The van der Waals surface area contributed by atoms with Gasteiger partial charge in [0.25, 0.3) is 0 Å². The second kappa shape index (κ2) is 7.05. The van der Waals surface area contributed by atoms with Crippen molar-refractivity contribution >= 4 is 0 Å². The Bertz CT molecular complexity index is 506. The van der Waals surface area contributed by atoms with Crippen LogP contribution in [-0.2, 0) is 13.0 Å². The van der Waals surface area contributed by atoms with Crippen LogP contribution in [0.25, 0.3) is 0 Å². The highest BCUT2D eigenvalue weighted by molar-refractivity contribution is 5.34. The molecule has 0 spiro atoms. The van der Waals surface area contributed by atoms with E-state index in [0.29, 0.717) is 0 Å². The summed E-state index contributed by atoms with van der Waals surface area (Å²) in [6, 6.07) is 10.9. The summed E-state index contributed by atoms with van der Waals surface area (Å²) in [6.45, 7) is 6.42. The number of aryl methyl sites for hydroxylation is 1. The lowest BCUT2D eigenvalue weighted by Crippen LogP contribution is -2.13. The highest BCUT2D eigenvalue weighted by atomic mass is 14.8. The molecule has 0 amide bonds. The van der Waals surface area contributed by atoms with Crippen LogP contribution < -0.4 is 5.32 Å². The molecule has 100 valence electrons. The number of nitrogens with one attached hydrogen (secondary N) is 1. The maximum atomic E-state index is 4.17. The highest BCUT2D eigenvalue weighted by Gasteiger charge is 2.02. The van der Waals surface area contributed by atoms with Crippen LogP contribution in [0, 0.1) is 6.92 Å². The van der Waals surface area contributed by atoms with E-state index < -0.39 is 0 Å². The first kappa shape index (κ1) is 13.8. The van der Waals surface area contributed by atoms with Crippen LogP contribution in [0.5, 0.6) is 0 Å². The molecule has 0 saturated carbocycles. The standard InChI is InChI=1S/C17H22N2/c1-3-8-18-13-16-6-7-17(14(2)10-16)11-15-5-4-9-19-12-15/h4-7,9-10,12,18H,3,8,11,13H2,1-2H3. The van der Waals surface area contributed by atoms with Gasteiger partial charge in [0.05, 0.1) is 0 Å². The van der Waals surface area contributed by atoms with Gasteiger partial charge in [-0.2, -0.15) is 0 Å². The maximum Gasteiger partial charge on any atom is 0.0303 e. The fourth-order valence-electron chi connectivity index (χ4n) is 2.20. The van der Waals surface area contributed by atoms with E-state index in [9.17, 15) is 0 Å². The smallest absolute Gasteiger partial charge is 0.0303 e. The molecule has 1 heterocycles. The van der Waals surface area contributed by atoms with Crippen molar-refractivity contribution in [2.45, 2.75) is 33.2 Å². The molecule has 0 radical (unpaired) electrons. The largest absolute Gasteiger partial charge is 0.313 e. The maximum absolute atomic E-state index is 4.17. The normalized spacial score (nSPS) is 10.6. The molecule has 0 bridgehead atoms. The van der Waals surface area contributed by atoms with Crippen LogP contribution in [0.15, 0.2) is 42.7 Å². The van der Waals surface area contributed by atoms with Crippen molar-refractivity contribution in [3.05, 3.63) is 65.0 Å². The summed E-state index contributed by atoms with van der Waals surface area (Å²) in [5.74, 6) is 0. The molecule has 0 aliphatic heterocycles. The Morgan fingerprint density at radius 3 is 2.74 bits per heavy atom. The van der Waals surface area contributed by atoms with Crippen molar-refractivity contribution in [2.75, 3.05) is 6.54 Å². The van der Waals surface area contributed by atoms with Gasteiger partial charge in [0.15, 0.2) is 0 Å². The third-order valence-corrected chi connectivity index (χ3v) is 3.28. The van der Waals surface area contributed by atoms with E-state index in [1.807, 2.05) is 18.5 Å². The quantitative estimate of drug-likeness (QED) is 0.798. The van der Waals surface area contributed by atoms with Crippen molar-refractivity contribution in [1.29, 1.82) is 0 Å². The number of benzene rings is 1. The highest BCUT2D eigenvalue weighted by Crippen LogP contribution is 2.15. The summed E-state index contributed by atoms with van der Waals surface area (Å²) in [5, 5.41) is 3.44. The lowest BCUT2D eigenvalue weighted by molar-refractivity contribution is 0.675. The lowest BCUT2D eigenvalue weighted by atomic mass is 9.99. The number of pyridine rings is 1. The third kappa shape index (κ3) is 4.18. The fraction of sp³-hybridized carbons (Fsp3) is 0.353. The molecule has 0 aliphatic rings. The first-order valence-corrected chi connectivity index (χ1v) is 6.97. The lowest BCUT2D eigenvalue weighted by Gasteiger charge is -2.09. The van der Waals surface area contributed by atoms with Crippen LogP contribution in [0.1, 0.15) is 35.6 Å². The first-order chi connectivity index (χ1) is 9.29. The first-order valence-electron chi connectivity index (χ1n) is 6.97. The molecular weight excluding hydrogens is 232 g/mol. The topological polar surface area (TPSA) is 24.9 Å². The second-order valence-corrected chi connectivity index (χ2v) is 4.98.